The minimum Gasteiger partial charge on any atom is -0.309 e. The summed E-state index contributed by atoms with van der Waals surface area (Å²) in [6.45, 7) is 8.91. The fourth-order valence-electron chi connectivity index (χ4n) is 2.03. The molecule has 0 aliphatic carbocycles. The topological polar surface area (TPSA) is 30.7 Å². The molecule has 4 heteroatoms. The maximum atomic E-state index is 5.88. The first-order chi connectivity index (χ1) is 8.45. The van der Waals surface area contributed by atoms with Gasteiger partial charge in [-0.2, -0.15) is 0 Å². The van der Waals surface area contributed by atoms with Crippen molar-refractivity contribution in [2.24, 2.45) is 5.41 Å². The molecule has 18 heavy (non-hydrogen) atoms. The van der Waals surface area contributed by atoms with Crippen molar-refractivity contribution in [1.82, 2.24) is 14.5 Å². The molecule has 0 aromatic carbocycles. The molecule has 2 heterocycles. The Bertz CT molecular complexity index is 539. The van der Waals surface area contributed by atoms with Gasteiger partial charge >= 0.3 is 0 Å². The highest BCUT2D eigenvalue weighted by atomic mass is 35.5. The zero-order chi connectivity index (χ0) is 13.3. The molecule has 0 radical (unpaired) electrons. The fraction of sp³-hybridized carbons (Fsp3) is 0.571. The Morgan fingerprint density at radius 3 is 2.72 bits per heavy atom. The van der Waals surface area contributed by atoms with Gasteiger partial charge in [0.05, 0.1) is 0 Å². The van der Waals surface area contributed by atoms with Crippen LogP contribution in [0.5, 0.6) is 0 Å². The van der Waals surface area contributed by atoms with Crippen LogP contribution in [0.4, 0.5) is 0 Å². The summed E-state index contributed by atoms with van der Waals surface area (Å²) in [6, 6.07) is 4.26. The number of pyridine rings is 1. The van der Waals surface area contributed by atoms with Crippen molar-refractivity contribution in [3.05, 3.63) is 24.2 Å². The van der Waals surface area contributed by atoms with Crippen LogP contribution in [0, 0.1) is 5.41 Å². The first-order valence-electron chi connectivity index (χ1n) is 6.33. The summed E-state index contributed by atoms with van der Waals surface area (Å²) in [7, 11) is 0. The Hall–Kier alpha value is -1.09. The lowest BCUT2D eigenvalue weighted by atomic mass is 9.87. The molecule has 1 atom stereocenters. The van der Waals surface area contributed by atoms with Crippen LogP contribution in [0.25, 0.3) is 11.2 Å². The van der Waals surface area contributed by atoms with Crippen LogP contribution in [0.15, 0.2) is 18.3 Å². The molecular weight excluding hydrogens is 246 g/mol. The van der Waals surface area contributed by atoms with E-state index in [1.54, 1.807) is 0 Å². The zero-order valence-electron chi connectivity index (χ0n) is 11.4. The number of aromatic nitrogens is 3. The van der Waals surface area contributed by atoms with Crippen molar-refractivity contribution in [2.45, 2.75) is 40.2 Å². The summed E-state index contributed by atoms with van der Waals surface area (Å²) in [5.74, 6) is 1.61. The van der Waals surface area contributed by atoms with Gasteiger partial charge in [-0.3, -0.25) is 0 Å². The second kappa shape index (κ2) is 4.88. The van der Waals surface area contributed by atoms with E-state index >= 15 is 0 Å². The van der Waals surface area contributed by atoms with Gasteiger partial charge < -0.3 is 4.57 Å². The predicted octanol–water partition coefficient (Wildman–Crippen LogP) is 3.82. The van der Waals surface area contributed by atoms with Crippen LogP contribution in [-0.4, -0.2) is 20.4 Å². The summed E-state index contributed by atoms with van der Waals surface area (Å²) in [5, 5.41) is 0. The van der Waals surface area contributed by atoms with Gasteiger partial charge in [0, 0.05) is 24.5 Å². The monoisotopic (exact) mass is 265 g/mol. The van der Waals surface area contributed by atoms with Crippen LogP contribution < -0.4 is 0 Å². The van der Waals surface area contributed by atoms with E-state index in [1.165, 1.54) is 0 Å². The molecule has 0 amide bonds. The highest BCUT2D eigenvalue weighted by Gasteiger charge is 2.26. The third-order valence-electron chi connectivity index (χ3n) is 3.48. The largest absolute Gasteiger partial charge is 0.309 e. The lowest BCUT2D eigenvalue weighted by molar-refractivity contribution is 0.262. The summed E-state index contributed by atoms with van der Waals surface area (Å²) in [5.41, 5.74) is 2.07. The quantitative estimate of drug-likeness (QED) is 0.790. The van der Waals surface area contributed by atoms with Gasteiger partial charge in [-0.05, 0) is 24.5 Å². The molecule has 3 nitrogen and oxygen atoms in total. The molecular formula is C14H20ClN3. The van der Waals surface area contributed by atoms with Crippen LogP contribution in [-0.2, 0) is 6.42 Å². The Labute approximate surface area is 113 Å². The SMILES string of the molecule is CC(n1c(CCCl)nc2cccnc21)C(C)(C)C. The normalized spacial score (nSPS) is 14.1. The standard InChI is InChI=1S/C14H20ClN3/c1-10(14(2,3)4)18-12(7-8-15)17-11-6-5-9-16-13(11)18/h5-6,9-10H,7-8H2,1-4H3. The summed E-state index contributed by atoms with van der Waals surface area (Å²) < 4.78 is 2.23. The Morgan fingerprint density at radius 1 is 1.39 bits per heavy atom. The second-order valence-corrected chi connectivity index (χ2v) is 6.10. The first kappa shape index (κ1) is 13.3. The van der Waals surface area contributed by atoms with E-state index in [2.05, 4.69) is 42.2 Å². The molecule has 0 N–H and O–H groups in total. The van der Waals surface area contributed by atoms with Gasteiger partial charge in [0.25, 0.3) is 0 Å². The smallest absolute Gasteiger partial charge is 0.160 e. The van der Waals surface area contributed by atoms with Crippen molar-refractivity contribution in [1.29, 1.82) is 0 Å². The highest BCUT2D eigenvalue weighted by Crippen LogP contribution is 2.33. The average molecular weight is 266 g/mol. The maximum absolute atomic E-state index is 5.88. The molecule has 0 aliphatic heterocycles. The van der Waals surface area contributed by atoms with Crippen molar-refractivity contribution >= 4 is 22.8 Å². The second-order valence-electron chi connectivity index (χ2n) is 5.73. The van der Waals surface area contributed by atoms with Crippen LogP contribution >= 0.6 is 11.6 Å². The predicted molar refractivity (Wildman–Crippen MR) is 76.1 cm³/mol. The fourth-order valence-corrected chi connectivity index (χ4v) is 2.20. The molecule has 0 aliphatic rings. The summed E-state index contributed by atoms with van der Waals surface area (Å²) in [6.07, 6.45) is 2.60. The molecule has 0 saturated heterocycles. The molecule has 2 aromatic heterocycles. The van der Waals surface area contributed by atoms with Crippen molar-refractivity contribution in [3.8, 4) is 0 Å². The highest BCUT2D eigenvalue weighted by molar-refractivity contribution is 6.17. The van der Waals surface area contributed by atoms with Gasteiger partial charge in [-0.25, -0.2) is 9.97 Å². The number of hydrogen-bond donors (Lipinski definition) is 0. The van der Waals surface area contributed by atoms with Crippen LogP contribution in [0.2, 0.25) is 0 Å². The number of nitrogens with zero attached hydrogens (tertiary/aromatic N) is 3. The molecule has 0 fully saturated rings. The lowest BCUT2D eigenvalue weighted by Gasteiger charge is -2.30. The van der Waals surface area contributed by atoms with Gasteiger partial charge in [-0.1, -0.05) is 20.8 Å². The van der Waals surface area contributed by atoms with Crippen LogP contribution in [0.3, 0.4) is 0 Å². The number of hydrogen-bond acceptors (Lipinski definition) is 2. The summed E-state index contributed by atoms with van der Waals surface area (Å²) in [4.78, 5) is 9.13. The van der Waals surface area contributed by atoms with E-state index in [0.29, 0.717) is 11.9 Å². The molecule has 2 rings (SSSR count). The molecule has 2 aromatic rings. The summed E-state index contributed by atoms with van der Waals surface area (Å²) >= 11 is 5.88. The third-order valence-corrected chi connectivity index (χ3v) is 3.67. The molecule has 98 valence electrons. The molecule has 0 bridgehead atoms. The zero-order valence-corrected chi connectivity index (χ0v) is 12.2. The number of alkyl halides is 1. The van der Waals surface area contributed by atoms with E-state index < -0.39 is 0 Å². The van der Waals surface area contributed by atoms with Gasteiger partial charge in [-0.15, -0.1) is 11.6 Å². The number of rotatable bonds is 3. The maximum Gasteiger partial charge on any atom is 0.160 e. The molecule has 0 spiro atoms. The van der Waals surface area contributed by atoms with Crippen LogP contribution in [0.1, 0.15) is 39.6 Å². The first-order valence-corrected chi connectivity index (χ1v) is 6.86. The number of fused-ring (bicyclic) bond motifs is 1. The van der Waals surface area contributed by atoms with Gasteiger partial charge in [0.15, 0.2) is 5.65 Å². The van der Waals surface area contributed by atoms with E-state index in [0.717, 1.165) is 23.4 Å². The minimum absolute atomic E-state index is 0.159. The number of imidazole rings is 1. The van der Waals surface area contributed by atoms with E-state index in [9.17, 15) is 0 Å². The molecule has 0 saturated carbocycles. The average Bonchev–Trinajstić information content (AvgIpc) is 2.65. The van der Waals surface area contributed by atoms with E-state index in [1.807, 2.05) is 18.3 Å². The van der Waals surface area contributed by atoms with Crippen molar-refractivity contribution in [3.63, 3.8) is 0 Å². The lowest BCUT2D eigenvalue weighted by Crippen LogP contribution is -2.23. The van der Waals surface area contributed by atoms with E-state index in [-0.39, 0.29) is 5.41 Å². The van der Waals surface area contributed by atoms with E-state index in [4.69, 9.17) is 11.6 Å². The number of aryl methyl sites for hydroxylation is 1. The third kappa shape index (κ3) is 2.37. The van der Waals surface area contributed by atoms with Crippen molar-refractivity contribution < 1.29 is 0 Å². The Morgan fingerprint density at radius 2 is 2.11 bits per heavy atom. The van der Waals surface area contributed by atoms with Crippen molar-refractivity contribution in [2.75, 3.05) is 5.88 Å². The number of halogens is 1. The Kier molecular flexibility index (Phi) is 3.62. The van der Waals surface area contributed by atoms with Gasteiger partial charge in [0.2, 0.25) is 0 Å². The van der Waals surface area contributed by atoms with Gasteiger partial charge in [0.1, 0.15) is 11.3 Å². The molecule has 1 unspecified atom stereocenters. The Balaban J connectivity index is 2.61. The minimum atomic E-state index is 0.159.